The second-order valence-electron chi connectivity index (χ2n) is 3.47. The summed E-state index contributed by atoms with van der Waals surface area (Å²) < 4.78 is 0. The largest absolute Gasteiger partial charge is 0.272 e. The number of amides is 1. The topological polar surface area (TPSA) is 31.2 Å². The van der Waals surface area contributed by atoms with Gasteiger partial charge in [-0.1, -0.05) is 23.7 Å². The molecule has 0 aliphatic carbocycles. The van der Waals surface area contributed by atoms with Crippen molar-refractivity contribution in [2.24, 2.45) is 0 Å². The van der Waals surface area contributed by atoms with Crippen molar-refractivity contribution in [3.05, 3.63) is 34.9 Å². The predicted octanol–water partition coefficient (Wildman–Crippen LogP) is 2.35. The minimum Gasteiger partial charge on any atom is -0.272 e. The Balaban J connectivity index is 2.20. The van der Waals surface area contributed by atoms with E-state index in [0.29, 0.717) is 11.6 Å². The maximum absolute atomic E-state index is 11.5. The summed E-state index contributed by atoms with van der Waals surface area (Å²) in [6.45, 7) is 0.683. The second-order valence-corrected chi connectivity index (χ2v) is 3.90. The van der Waals surface area contributed by atoms with Crippen LogP contribution in [0.3, 0.4) is 0 Å². The molecule has 0 N–H and O–H groups in total. The van der Waals surface area contributed by atoms with E-state index in [1.165, 1.54) is 0 Å². The average Bonchev–Trinajstić information content (AvgIpc) is 2.20. The molecule has 14 heavy (non-hydrogen) atoms. The van der Waals surface area contributed by atoms with E-state index < -0.39 is 0 Å². The number of carbonyl (C=O) groups is 1. The van der Waals surface area contributed by atoms with Gasteiger partial charge >= 0.3 is 0 Å². The molecule has 1 amide bonds. The van der Waals surface area contributed by atoms with Crippen LogP contribution in [0.2, 0.25) is 5.02 Å². The molecule has 1 heterocycles. The minimum absolute atomic E-state index is 0.0126. The van der Waals surface area contributed by atoms with Gasteiger partial charge in [0, 0.05) is 11.6 Å². The van der Waals surface area contributed by atoms with E-state index in [4.69, 9.17) is 11.6 Å². The quantitative estimate of drug-likeness (QED) is 0.697. The van der Waals surface area contributed by atoms with Crippen LogP contribution < -0.4 is 5.32 Å². The fourth-order valence-corrected chi connectivity index (χ4v) is 1.85. The highest BCUT2D eigenvalue weighted by Crippen LogP contribution is 2.25. The van der Waals surface area contributed by atoms with Crippen molar-refractivity contribution in [2.75, 3.05) is 6.54 Å². The van der Waals surface area contributed by atoms with E-state index in [1.54, 1.807) is 0 Å². The zero-order chi connectivity index (χ0) is 9.97. The zero-order valence-electron chi connectivity index (χ0n) is 7.74. The molecule has 2 nitrogen and oxygen atoms in total. The first-order chi connectivity index (χ1) is 6.77. The molecular formula is C11H11ClNO. The van der Waals surface area contributed by atoms with Crippen molar-refractivity contribution in [3.63, 3.8) is 0 Å². The molecule has 1 aromatic rings. The lowest BCUT2D eigenvalue weighted by atomic mass is 9.91. The van der Waals surface area contributed by atoms with Crippen LogP contribution in [-0.4, -0.2) is 12.5 Å². The fourth-order valence-electron chi connectivity index (χ4n) is 1.72. The highest BCUT2D eigenvalue weighted by atomic mass is 35.5. The van der Waals surface area contributed by atoms with Crippen molar-refractivity contribution in [2.45, 2.75) is 18.8 Å². The Labute approximate surface area is 88.3 Å². The normalized spacial score (nSPS) is 21.8. The second kappa shape index (κ2) is 4.01. The zero-order valence-corrected chi connectivity index (χ0v) is 8.50. The molecule has 2 rings (SSSR count). The maximum atomic E-state index is 11.5. The summed E-state index contributed by atoms with van der Waals surface area (Å²) in [6, 6.07) is 7.45. The van der Waals surface area contributed by atoms with Gasteiger partial charge in [-0.05, 0) is 30.5 Å². The van der Waals surface area contributed by atoms with Crippen LogP contribution in [0.25, 0.3) is 0 Å². The summed E-state index contributed by atoms with van der Waals surface area (Å²) in [6.07, 6.45) is 1.91. The molecule has 3 heteroatoms. The third-order valence-electron chi connectivity index (χ3n) is 2.49. The molecule has 0 aromatic heterocycles. The number of rotatable bonds is 1. The van der Waals surface area contributed by atoms with Gasteiger partial charge < -0.3 is 0 Å². The summed E-state index contributed by atoms with van der Waals surface area (Å²) in [5.74, 6) is -0.0282. The molecule has 0 spiro atoms. The SMILES string of the molecule is O=C1[N]CCCC1c1ccc(Cl)cc1. The van der Waals surface area contributed by atoms with Crippen molar-refractivity contribution in [1.82, 2.24) is 5.32 Å². The van der Waals surface area contributed by atoms with Crippen LogP contribution >= 0.6 is 11.6 Å². The van der Waals surface area contributed by atoms with E-state index in [0.717, 1.165) is 18.4 Å². The molecule has 1 aromatic carbocycles. The number of benzene rings is 1. The number of hydrogen-bond acceptors (Lipinski definition) is 1. The summed E-state index contributed by atoms with van der Waals surface area (Å²) in [7, 11) is 0. The molecule has 0 bridgehead atoms. The van der Waals surface area contributed by atoms with E-state index in [2.05, 4.69) is 5.32 Å². The van der Waals surface area contributed by atoms with Crippen molar-refractivity contribution in [3.8, 4) is 0 Å². The Kier molecular flexibility index (Phi) is 2.73. The molecule has 1 unspecified atom stereocenters. The van der Waals surface area contributed by atoms with Gasteiger partial charge in [-0.2, -0.15) is 0 Å². The fraction of sp³-hybridized carbons (Fsp3) is 0.364. The van der Waals surface area contributed by atoms with Crippen LogP contribution in [0.5, 0.6) is 0 Å². The lowest BCUT2D eigenvalue weighted by molar-refractivity contribution is -0.124. The summed E-state index contributed by atoms with van der Waals surface area (Å²) in [5, 5.41) is 4.64. The summed E-state index contributed by atoms with van der Waals surface area (Å²) >= 11 is 5.78. The number of carbonyl (C=O) groups excluding carboxylic acids is 1. The van der Waals surface area contributed by atoms with Gasteiger partial charge in [-0.3, -0.25) is 10.1 Å². The van der Waals surface area contributed by atoms with Gasteiger partial charge in [0.1, 0.15) is 0 Å². The summed E-state index contributed by atoms with van der Waals surface area (Å²) in [5.41, 5.74) is 1.03. The average molecular weight is 209 g/mol. The van der Waals surface area contributed by atoms with E-state index in [1.807, 2.05) is 24.3 Å². The van der Waals surface area contributed by atoms with Crippen molar-refractivity contribution in [1.29, 1.82) is 0 Å². The first-order valence-electron chi connectivity index (χ1n) is 4.74. The van der Waals surface area contributed by atoms with Gasteiger partial charge in [0.25, 0.3) is 0 Å². The molecule has 1 radical (unpaired) electrons. The lowest BCUT2D eigenvalue weighted by Crippen LogP contribution is -2.29. The molecule has 1 aliphatic rings. The third-order valence-corrected chi connectivity index (χ3v) is 2.74. The highest BCUT2D eigenvalue weighted by molar-refractivity contribution is 6.30. The van der Waals surface area contributed by atoms with Crippen molar-refractivity contribution < 1.29 is 4.79 Å². The van der Waals surface area contributed by atoms with Gasteiger partial charge in [-0.25, -0.2) is 0 Å². The molecule has 1 fully saturated rings. The number of halogens is 1. The Morgan fingerprint density at radius 2 is 2.00 bits per heavy atom. The number of nitrogens with zero attached hydrogens (tertiary/aromatic N) is 1. The smallest absolute Gasteiger partial charge is 0.248 e. The molecule has 73 valence electrons. The van der Waals surface area contributed by atoms with Crippen LogP contribution in [0, 0.1) is 0 Å². The molecular weight excluding hydrogens is 198 g/mol. The number of piperidine rings is 1. The minimum atomic E-state index is -0.0407. The monoisotopic (exact) mass is 208 g/mol. The first-order valence-corrected chi connectivity index (χ1v) is 5.12. The van der Waals surface area contributed by atoms with Gasteiger partial charge in [0.2, 0.25) is 5.91 Å². The first kappa shape index (κ1) is 9.53. The van der Waals surface area contributed by atoms with Crippen LogP contribution in [0.4, 0.5) is 0 Å². The van der Waals surface area contributed by atoms with Gasteiger partial charge in [0.05, 0.1) is 5.92 Å². The van der Waals surface area contributed by atoms with E-state index in [-0.39, 0.29) is 11.8 Å². The molecule has 1 aliphatic heterocycles. The molecule has 1 atom stereocenters. The van der Waals surface area contributed by atoms with E-state index in [9.17, 15) is 4.79 Å². The molecule has 1 saturated heterocycles. The number of hydrogen-bond donors (Lipinski definition) is 0. The van der Waals surface area contributed by atoms with Crippen molar-refractivity contribution >= 4 is 17.5 Å². The molecule has 0 saturated carbocycles. The standard InChI is InChI=1S/C11H11ClNO/c12-9-5-3-8(4-6-9)10-2-1-7-13-11(10)14/h3-6,10H,1-2,7H2. The summed E-state index contributed by atoms with van der Waals surface area (Å²) in [4.78, 5) is 11.5. The Morgan fingerprint density at radius 3 is 2.64 bits per heavy atom. The predicted molar refractivity (Wildman–Crippen MR) is 55.4 cm³/mol. The Morgan fingerprint density at radius 1 is 1.29 bits per heavy atom. The Bertz CT molecular complexity index is 334. The Hall–Kier alpha value is -1.02. The third kappa shape index (κ3) is 1.90. The highest BCUT2D eigenvalue weighted by Gasteiger charge is 2.24. The van der Waals surface area contributed by atoms with Gasteiger partial charge in [0.15, 0.2) is 0 Å². The van der Waals surface area contributed by atoms with E-state index >= 15 is 0 Å². The van der Waals surface area contributed by atoms with Crippen LogP contribution in [0.15, 0.2) is 24.3 Å². The van der Waals surface area contributed by atoms with Crippen LogP contribution in [0.1, 0.15) is 24.3 Å². The van der Waals surface area contributed by atoms with Gasteiger partial charge in [-0.15, -0.1) is 0 Å². The lowest BCUT2D eigenvalue weighted by Gasteiger charge is -2.20. The maximum Gasteiger partial charge on any atom is 0.248 e. The van der Waals surface area contributed by atoms with Crippen LogP contribution in [-0.2, 0) is 4.79 Å².